The molecule has 0 bridgehead atoms. The molecule has 0 radical (unpaired) electrons. The molecule has 2 N–H and O–H groups in total. The molecule has 0 amide bonds. The molecule has 2 rings (SSSR count). The minimum absolute atomic E-state index is 0.107. The number of aliphatic hydroxyl groups excluding tert-OH is 1. The number of hydrogen-bond donors (Lipinski definition) is 2. The molecule has 2 nitrogen and oxygen atoms in total. The molecule has 0 unspecified atom stereocenters. The van der Waals surface area contributed by atoms with Gasteiger partial charge in [0.1, 0.15) is 0 Å². The van der Waals surface area contributed by atoms with E-state index < -0.39 is 0 Å². The highest BCUT2D eigenvalue weighted by atomic mass is 16.3. The van der Waals surface area contributed by atoms with Crippen LogP contribution in [0.3, 0.4) is 0 Å². The summed E-state index contributed by atoms with van der Waals surface area (Å²) in [5.74, 6) is 0. The van der Waals surface area contributed by atoms with Gasteiger partial charge in [-0.05, 0) is 48.6 Å². The van der Waals surface area contributed by atoms with Crippen molar-refractivity contribution in [2.24, 2.45) is 0 Å². The van der Waals surface area contributed by atoms with Gasteiger partial charge < -0.3 is 10.4 Å². The molecule has 0 aromatic heterocycles. The van der Waals surface area contributed by atoms with E-state index in [-0.39, 0.29) is 6.61 Å². The summed E-state index contributed by atoms with van der Waals surface area (Å²) in [5.41, 5.74) is 7.62. The van der Waals surface area contributed by atoms with Gasteiger partial charge in [0.2, 0.25) is 0 Å². The van der Waals surface area contributed by atoms with Gasteiger partial charge in [0, 0.05) is 13.1 Å². The predicted molar refractivity (Wildman–Crippen MR) is 83.6 cm³/mol. The van der Waals surface area contributed by atoms with Crippen LogP contribution in [0.15, 0.2) is 36.4 Å². The number of rotatable bonds is 5. The summed E-state index contributed by atoms with van der Waals surface area (Å²) < 4.78 is 0. The highest BCUT2D eigenvalue weighted by Crippen LogP contribution is 2.16. The third-order valence-corrected chi connectivity index (χ3v) is 3.68. The second kappa shape index (κ2) is 6.69. The van der Waals surface area contributed by atoms with Gasteiger partial charge in [-0.2, -0.15) is 0 Å². The molecule has 106 valence electrons. The fourth-order valence-electron chi connectivity index (χ4n) is 2.58. The fraction of sp³-hybridized carbons (Fsp3) is 0.333. The SMILES string of the molecule is Cc1cc(C)c(CNCc2ccc(CO)cc2)c(C)c1. The molecule has 2 heteroatoms. The predicted octanol–water partition coefficient (Wildman–Crippen LogP) is 3.39. The summed E-state index contributed by atoms with van der Waals surface area (Å²) in [7, 11) is 0. The van der Waals surface area contributed by atoms with E-state index in [1.54, 1.807) is 0 Å². The topological polar surface area (TPSA) is 32.3 Å². The first-order chi connectivity index (χ1) is 9.60. The molecule has 2 aromatic carbocycles. The van der Waals surface area contributed by atoms with Gasteiger partial charge in [-0.25, -0.2) is 0 Å². The highest BCUT2D eigenvalue weighted by Gasteiger charge is 2.03. The van der Waals surface area contributed by atoms with Gasteiger partial charge in [-0.15, -0.1) is 0 Å². The molecule has 0 aliphatic carbocycles. The van der Waals surface area contributed by atoms with Crippen LogP contribution in [0.2, 0.25) is 0 Å². The van der Waals surface area contributed by atoms with Crippen LogP contribution >= 0.6 is 0 Å². The van der Waals surface area contributed by atoms with Gasteiger partial charge >= 0.3 is 0 Å². The summed E-state index contributed by atoms with van der Waals surface area (Å²) in [5, 5.41) is 12.5. The Morgan fingerprint density at radius 1 is 0.850 bits per heavy atom. The van der Waals surface area contributed by atoms with Crippen molar-refractivity contribution in [2.75, 3.05) is 0 Å². The van der Waals surface area contributed by atoms with Gasteiger partial charge in [0.05, 0.1) is 6.61 Å². The maximum absolute atomic E-state index is 9.02. The Labute approximate surface area is 121 Å². The lowest BCUT2D eigenvalue weighted by atomic mass is 10.00. The maximum Gasteiger partial charge on any atom is 0.0681 e. The maximum atomic E-state index is 9.02. The Hall–Kier alpha value is -1.64. The molecular formula is C18H23NO. The summed E-state index contributed by atoms with van der Waals surface area (Å²) in [6.07, 6.45) is 0. The average molecular weight is 269 g/mol. The summed E-state index contributed by atoms with van der Waals surface area (Å²) in [6.45, 7) is 8.33. The van der Waals surface area contributed by atoms with Crippen LogP contribution in [0.1, 0.15) is 33.4 Å². The molecule has 0 fully saturated rings. The minimum atomic E-state index is 0.107. The molecule has 20 heavy (non-hydrogen) atoms. The van der Waals surface area contributed by atoms with E-state index in [9.17, 15) is 0 Å². The number of aryl methyl sites for hydroxylation is 3. The third kappa shape index (κ3) is 3.69. The molecule has 0 aliphatic rings. The van der Waals surface area contributed by atoms with Crippen molar-refractivity contribution in [1.82, 2.24) is 5.32 Å². The van der Waals surface area contributed by atoms with E-state index in [2.05, 4.69) is 50.4 Å². The number of hydrogen-bond acceptors (Lipinski definition) is 2. The normalized spacial score (nSPS) is 10.8. The van der Waals surface area contributed by atoms with Crippen molar-refractivity contribution in [1.29, 1.82) is 0 Å². The van der Waals surface area contributed by atoms with Crippen LogP contribution in [0.4, 0.5) is 0 Å². The largest absolute Gasteiger partial charge is 0.392 e. The second-order valence-electron chi connectivity index (χ2n) is 5.46. The van der Waals surface area contributed by atoms with Crippen LogP contribution in [0, 0.1) is 20.8 Å². The highest BCUT2D eigenvalue weighted by molar-refractivity contribution is 5.37. The van der Waals surface area contributed by atoms with E-state index in [0.29, 0.717) is 0 Å². The molecule has 0 atom stereocenters. The van der Waals surface area contributed by atoms with Crippen molar-refractivity contribution in [3.8, 4) is 0 Å². The number of nitrogens with one attached hydrogen (secondary N) is 1. The van der Waals surface area contributed by atoms with Gasteiger partial charge in [0.15, 0.2) is 0 Å². The summed E-state index contributed by atoms with van der Waals surface area (Å²) >= 11 is 0. The Bertz CT molecular complexity index is 549. The van der Waals surface area contributed by atoms with E-state index in [4.69, 9.17) is 5.11 Å². The number of aliphatic hydroxyl groups is 1. The lowest BCUT2D eigenvalue weighted by Gasteiger charge is -2.12. The van der Waals surface area contributed by atoms with Crippen LogP contribution in [-0.4, -0.2) is 5.11 Å². The Balaban J connectivity index is 1.95. The standard InChI is InChI=1S/C18H23NO/c1-13-8-14(2)18(15(3)9-13)11-19-10-16-4-6-17(12-20)7-5-16/h4-9,19-20H,10-12H2,1-3H3. The van der Waals surface area contributed by atoms with Crippen molar-refractivity contribution in [2.45, 2.75) is 40.5 Å². The second-order valence-corrected chi connectivity index (χ2v) is 5.46. The first kappa shape index (κ1) is 14.8. The van der Waals surface area contributed by atoms with Crippen molar-refractivity contribution >= 4 is 0 Å². The zero-order chi connectivity index (χ0) is 14.5. The van der Waals surface area contributed by atoms with E-state index in [1.807, 2.05) is 12.1 Å². The quantitative estimate of drug-likeness (QED) is 0.872. The molecule has 0 saturated heterocycles. The molecule has 0 heterocycles. The smallest absolute Gasteiger partial charge is 0.0681 e. The Kier molecular flexibility index (Phi) is 4.94. The van der Waals surface area contributed by atoms with Crippen molar-refractivity contribution in [3.05, 3.63) is 69.8 Å². The zero-order valence-electron chi connectivity index (χ0n) is 12.5. The molecule has 0 aliphatic heterocycles. The molecule has 0 spiro atoms. The van der Waals surface area contributed by atoms with Crippen LogP contribution in [0.5, 0.6) is 0 Å². The number of benzene rings is 2. The van der Waals surface area contributed by atoms with E-state index in [0.717, 1.165) is 18.7 Å². The average Bonchev–Trinajstić information content (AvgIpc) is 2.42. The van der Waals surface area contributed by atoms with E-state index in [1.165, 1.54) is 27.8 Å². The zero-order valence-corrected chi connectivity index (χ0v) is 12.5. The van der Waals surface area contributed by atoms with E-state index >= 15 is 0 Å². The van der Waals surface area contributed by atoms with Crippen LogP contribution in [0.25, 0.3) is 0 Å². The first-order valence-electron chi connectivity index (χ1n) is 7.06. The molecule has 2 aromatic rings. The lowest BCUT2D eigenvalue weighted by Crippen LogP contribution is -2.14. The van der Waals surface area contributed by atoms with Crippen LogP contribution < -0.4 is 5.32 Å². The van der Waals surface area contributed by atoms with Gasteiger partial charge in [0.25, 0.3) is 0 Å². The Morgan fingerprint density at radius 3 is 1.95 bits per heavy atom. The first-order valence-corrected chi connectivity index (χ1v) is 7.06. The van der Waals surface area contributed by atoms with Crippen LogP contribution in [-0.2, 0) is 19.7 Å². The van der Waals surface area contributed by atoms with Gasteiger partial charge in [-0.3, -0.25) is 0 Å². The van der Waals surface area contributed by atoms with Crippen molar-refractivity contribution in [3.63, 3.8) is 0 Å². The molecular weight excluding hydrogens is 246 g/mol. The monoisotopic (exact) mass is 269 g/mol. The molecule has 0 saturated carbocycles. The lowest BCUT2D eigenvalue weighted by molar-refractivity contribution is 0.282. The van der Waals surface area contributed by atoms with Crippen molar-refractivity contribution < 1.29 is 5.11 Å². The third-order valence-electron chi connectivity index (χ3n) is 3.68. The fourth-order valence-corrected chi connectivity index (χ4v) is 2.58. The minimum Gasteiger partial charge on any atom is -0.392 e. The van der Waals surface area contributed by atoms with Gasteiger partial charge in [-0.1, -0.05) is 42.0 Å². The summed E-state index contributed by atoms with van der Waals surface area (Å²) in [6, 6.07) is 12.5. The summed E-state index contributed by atoms with van der Waals surface area (Å²) in [4.78, 5) is 0. The Morgan fingerprint density at radius 2 is 1.40 bits per heavy atom.